The minimum atomic E-state index is -0.946. The number of nitrogens with two attached hydrogens (primary N) is 1. The number of rotatable bonds is 1. The van der Waals surface area contributed by atoms with Gasteiger partial charge in [-0.25, -0.2) is 4.79 Å². The number of fused-ring (bicyclic) bond motifs is 1. The van der Waals surface area contributed by atoms with Crippen LogP contribution in [-0.4, -0.2) is 18.1 Å². The van der Waals surface area contributed by atoms with E-state index in [9.17, 15) is 9.59 Å². The van der Waals surface area contributed by atoms with Gasteiger partial charge in [0.15, 0.2) is 6.10 Å². The maximum Gasteiger partial charge on any atom is 0.405 e. The van der Waals surface area contributed by atoms with Crippen LogP contribution in [0.25, 0.3) is 0 Å². The first-order chi connectivity index (χ1) is 7.56. The van der Waals surface area contributed by atoms with Crippen LogP contribution in [0.2, 0.25) is 0 Å². The van der Waals surface area contributed by atoms with Crippen molar-refractivity contribution in [2.24, 2.45) is 5.73 Å². The number of benzene rings is 1. The molecule has 1 unspecified atom stereocenters. The van der Waals surface area contributed by atoms with Gasteiger partial charge >= 0.3 is 6.09 Å². The molecule has 3 N–H and O–H groups in total. The zero-order valence-electron chi connectivity index (χ0n) is 8.20. The van der Waals surface area contributed by atoms with Gasteiger partial charge in [-0.05, 0) is 23.8 Å². The maximum atomic E-state index is 11.5. The van der Waals surface area contributed by atoms with Crippen LogP contribution in [-0.2, 0) is 16.0 Å². The lowest BCUT2D eigenvalue weighted by Crippen LogP contribution is -2.39. The Labute approximate surface area is 100 Å². The molecule has 0 bridgehead atoms. The number of amides is 2. The standard InChI is InChI=1S/C10H9BrN2O3/c11-6-1-2-7-5(3-6)4-8(9(14)13-7)16-10(12)15/h1-3,8H,4H2,(H2,12,15)(H,13,14). The van der Waals surface area contributed by atoms with Crippen LogP contribution < -0.4 is 11.1 Å². The summed E-state index contributed by atoms with van der Waals surface area (Å²) in [6.07, 6.45) is -1.46. The minimum absolute atomic E-state index is 0.337. The van der Waals surface area contributed by atoms with Crippen molar-refractivity contribution in [2.45, 2.75) is 12.5 Å². The van der Waals surface area contributed by atoms with E-state index in [1.54, 1.807) is 6.07 Å². The predicted molar refractivity (Wildman–Crippen MR) is 60.9 cm³/mol. The largest absolute Gasteiger partial charge is 0.436 e. The fourth-order valence-electron chi connectivity index (χ4n) is 1.59. The average Bonchev–Trinajstić information content (AvgIpc) is 2.19. The molecule has 0 fully saturated rings. The van der Waals surface area contributed by atoms with Crippen molar-refractivity contribution in [1.29, 1.82) is 0 Å². The zero-order chi connectivity index (χ0) is 11.7. The highest BCUT2D eigenvalue weighted by molar-refractivity contribution is 9.10. The third-order valence-corrected chi connectivity index (χ3v) is 2.77. The molecule has 1 aliphatic heterocycles. The van der Waals surface area contributed by atoms with E-state index >= 15 is 0 Å². The van der Waals surface area contributed by atoms with Crippen molar-refractivity contribution < 1.29 is 14.3 Å². The van der Waals surface area contributed by atoms with Gasteiger partial charge in [0.25, 0.3) is 5.91 Å². The highest BCUT2D eigenvalue weighted by Gasteiger charge is 2.28. The van der Waals surface area contributed by atoms with Crippen LogP contribution in [0, 0.1) is 0 Å². The molecular formula is C10H9BrN2O3. The molecule has 1 aliphatic rings. The number of carbonyl (C=O) groups excluding carboxylic acids is 2. The van der Waals surface area contributed by atoms with Crippen LogP contribution in [0.15, 0.2) is 22.7 Å². The number of halogens is 1. The number of anilines is 1. The molecular weight excluding hydrogens is 276 g/mol. The molecule has 0 saturated heterocycles. The molecule has 5 nitrogen and oxygen atoms in total. The number of hydrogen-bond acceptors (Lipinski definition) is 3. The molecule has 1 heterocycles. The third-order valence-electron chi connectivity index (χ3n) is 2.28. The molecule has 1 aromatic carbocycles. The minimum Gasteiger partial charge on any atom is -0.436 e. The van der Waals surface area contributed by atoms with Gasteiger partial charge in [-0.3, -0.25) is 4.79 Å². The summed E-state index contributed by atoms with van der Waals surface area (Å²) in [7, 11) is 0. The number of ether oxygens (including phenoxy) is 1. The van der Waals surface area contributed by atoms with E-state index < -0.39 is 12.2 Å². The van der Waals surface area contributed by atoms with E-state index in [0.717, 1.165) is 15.7 Å². The van der Waals surface area contributed by atoms with Gasteiger partial charge in [0.2, 0.25) is 0 Å². The highest BCUT2D eigenvalue weighted by atomic mass is 79.9. The summed E-state index contributed by atoms with van der Waals surface area (Å²) in [5.74, 6) is -0.353. The number of nitrogens with one attached hydrogen (secondary N) is 1. The Hall–Kier alpha value is -1.56. The van der Waals surface area contributed by atoms with Crippen molar-refractivity contribution >= 4 is 33.6 Å². The fraction of sp³-hybridized carbons (Fsp3) is 0.200. The monoisotopic (exact) mass is 284 g/mol. The van der Waals surface area contributed by atoms with Crippen LogP contribution in [0.3, 0.4) is 0 Å². The Bertz CT molecular complexity index is 461. The normalized spacial score (nSPS) is 18.6. The van der Waals surface area contributed by atoms with Gasteiger partial charge in [-0.15, -0.1) is 0 Å². The summed E-state index contributed by atoms with van der Waals surface area (Å²) in [5, 5.41) is 2.65. The Morgan fingerprint density at radius 1 is 1.56 bits per heavy atom. The van der Waals surface area contributed by atoms with Gasteiger partial charge in [0, 0.05) is 16.6 Å². The summed E-state index contributed by atoms with van der Waals surface area (Å²) in [6, 6.07) is 5.48. The first kappa shape index (κ1) is 10.9. The SMILES string of the molecule is NC(=O)OC1Cc2cc(Br)ccc2NC1=O. The number of carbonyl (C=O) groups is 2. The van der Waals surface area contributed by atoms with Gasteiger partial charge in [0.05, 0.1) is 0 Å². The average molecular weight is 285 g/mol. The maximum absolute atomic E-state index is 11.5. The van der Waals surface area contributed by atoms with Crippen molar-refractivity contribution in [3.8, 4) is 0 Å². The van der Waals surface area contributed by atoms with Gasteiger partial charge in [-0.1, -0.05) is 15.9 Å². The summed E-state index contributed by atoms with van der Waals surface area (Å²) in [5.41, 5.74) is 6.52. The first-order valence-electron chi connectivity index (χ1n) is 4.61. The third kappa shape index (κ3) is 2.16. The number of hydrogen-bond donors (Lipinski definition) is 2. The second-order valence-electron chi connectivity index (χ2n) is 3.42. The van der Waals surface area contributed by atoms with Crippen molar-refractivity contribution in [3.63, 3.8) is 0 Å². The highest BCUT2D eigenvalue weighted by Crippen LogP contribution is 2.26. The van der Waals surface area contributed by atoms with Crippen molar-refractivity contribution in [2.75, 3.05) is 5.32 Å². The first-order valence-corrected chi connectivity index (χ1v) is 5.41. The summed E-state index contributed by atoms with van der Waals surface area (Å²) in [4.78, 5) is 22.1. The van der Waals surface area contributed by atoms with Gasteiger partial charge in [-0.2, -0.15) is 0 Å². The van der Waals surface area contributed by atoms with E-state index in [1.807, 2.05) is 12.1 Å². The van der Waals surface area contributed by atoms with E-state index in [0.29, 0.717) is 6.42 Å². The smallest absolute Gasteiger partial charge is 0.405 e. The number of primary amides is 1. The van der Waals surface area contributed by atoms with Crippen LogP contribution in [0.1, 0.15) is 5.56 Å². The molecule has 0 aliphatic carbocycles. The van der Waals surface area contributed by atoms with E-state index in [-0.39, 0.29) is 5.91 Å². The van der Waals surface area contributed by atoms with Crippen molar-refractivity contribution in [3.05, 3.63) is 28.2 Å². The molecule has 0 aromatic heterocycles. The van der Waals surface area contributed by atoms with Crippen molar-refractivity contribution in [1.82, 2.24) is 0 Å². The van der Waals surface area contributed by atoms with Crippen LogP contribution in [0.5, 0.6) is 0 Å². The second-order valence-corrected chi connectivity index (χ2v) is 4.34. The lowest BCUT2D eigenvalue weighted by molar-refractivity contribution is -0.124. The summed E-state index contributed by atoms with van der Waals surface area (Å²) >= 11 is 3.33. The predicted octanol–water partition coefficient (Wildman–Crippen LogP) is 1.41. The molecule has 84 valence electrons. The van der Waals surface area contributed by atoms with Gasteiger partial charge < -0.3 is 15.8 Å². The molecule has 0 spiro atoms. The second kappa shape index (κ2) is 4.13. The van der Waals surface area contributed by atoms with E-state index in [4.69, 9.17) is 10.5 Å². The molecule has 1 atom stereocenters. The Morgan fingerprint density at radius 3 is 3.00 bits per heavy atom. The van der Waals surface area contributed by atoms with Gasteiger partial charge in [0.1, 0.15) is 0 Å². The van der Waals surface area contributed by atoms with E-state index in [2.05, 4.69) is 21.2 Å². The zero-order valence-corrected chi connectivity index (χ0v) is 9.78. The topological polar surface area (TPSA) is 81.4 Å². The van der Waals surface area contributed by atoms with E-state index in [1.165, 1.54) is 0 Å². The molecule has 2 rings (SSSR count). The Balaban J connectivity index is 2.26. The Morgan fingerprint density at radius 2 is 2.31 bits per heavy atom. The molecule has 16 heavy (non-hydrogen) atoms. The molecule has 1 aromatic rings. The fourth-order valence-corrected chi connectivity index (χ4v) is 2.00. The summed E-state index contributed by atoms with van der Waals surface area (Å²) < 4.78 is 5.61. The van der Waals surface area contributed by atoms with Crippen LogP contribution in [0.4, 0.5) is 10.5 Å². The lowest BCUT2D eigenvalue weighted by atomic mass is 10.0. The van der Waals surface area contributed by atoms with Crippen LogP contribution >= 0.6 is 15.9 Å². The molecule has 6 heteroatoms. The molecule has 0 radical (unpaired) electrons. The quantitative estimate of drug-likeness (QED) is 0.818. The molecule has 0 saturated carbocycles. The summed E-state index contributed by atoms with van der Waals surface area (Å²) in [6.45, 7) is 0. The molecule has 2 amide bonds. The lowest BCUT2D eigenvalue weighted by Gasteiger charge is -2.23. The Kier molecular flexibility index (Phi) is 2.82.